The Morgan fingerprint density at radius 3 is 2.65 bits per heavy atom. The molecule has 0 saturated carbocycles. The number of aryl methyl sites for hydroxylation is 2. The van der Waals surface area contributed by atoms with Crippen LogP contribution in [0.2, 0.25) is 0 Å². The number of rotatable bonds is 1. The molecule has 1 aromatic heterocycles. The Balaban J connectivity index is 2.65. The van der Waals surface area contributed by atoms with Crippen LogP contribution in [0.3, 0.4) is 0 Å². The number of nitrogens with one attached hydrogen (secondary N) is 1. The lowest BCUT2D eigenvalue weighted by molar-refractivity contribution is 0.627. The van der Waals surface area contributed by atoms with Gasteiger partial charge in [0.2, 0.25) is 0 Å². The summed E-state index contributed by atoms with van der Waals surface area (Å²) in [6.07, 6.45) is 0. The predicted octanol–water partition coefficient (Wildman–Crippen LogP) is 2.80. The molecular formula is C12H10FIN2O. The van der Waals surface area contributed by atoms with Crippen LogP contribution in [0.1, 0.15) is 11.3 Å². The molecule has 0 saturated heterocycles. The third kappa shape index (κ3) is 2.38. The second-order valence-corrected chi connectivity index (χ2v) is 4.85. The summed E-state index contributed by atoms with van der Waals surface area (Å²) < 4.78 is 13.6. The van der Waals surface area contributed by atoms with E-state index in [1.54, 1.807) is 19.9 Å². The van der Waals surface area contributed by atoms with Gasteiger partial charge in [-0.15, -0.1) is 0 Å². The van der Waals surface area contributed by atoms with Crippen molar-refractivity contribution >= 4 is 22.6 Å². The van der Waals surface area contributed by atoms with E-state index in [1.165, 1.54) is 12.1 Å². The van der Waals surface area contributed by atoms with E-state index in [2.05, 4.69) is 9.97 Å². The number of aromatic amines is 1. The number of hydrogen-bond donors (Lipinski definition) is 1. The number of hydrogen-bond acceptors (Lipinski definition) is 2. The lowest BCUT2D eigenvalue weighted by Crippen LogP contribution is -2.14. The Bertz CT molecular complexity index is 637. The van der Waals surface area contributed by atoms with Crippen molar-refractivity contribution in [2.24, 2.45) is 0 Å². The maximum absolute atomic E-state index is 13.0. The first-order valence-electron chi connectivity index (χ1n) is 5.02. The molecule has 0 aliphatic rings. The lowest BCUT2D eigenvalue weighted by atomic mass is 10.1. The van der Waals surface area contributed by atoms with Crippen LogP contribution in [0.25, 0.3) is 11.4 Å². The molecule has 1 aromatic carbocycles. The Morgan fingerprint density at radius 1 is 1.35 bits per heavy atom. The van der Waals surface area contributed by atoms with E-state index >= 15 is 0 Å². The fourth-order valence-corrected chi connectivity index (χ4v) is 1.85. The SMILES string of the molecule is Cc1cc(F)ccc1-c1nc(C)c(I)c(=O)[nH]1. The molecule has 0 radical (unpaired) electrons. The first-order valence-corrected chi connectivity index (χ1v) is 6.10. The minimum atomic E-state index is -0.296. The zero-order valence-electron chi connectivity index (χ0n) is 9.34. The first-order chi connectivity index (χ1) is 7.99. The van der Waals surface area contributed by atoms with Gasteiger partial charge in [0, 0.05) is 5.56 Å². The fourth-order valence-electron chi connectivity index (χ4n) is 1.59. The average molecular weight is 344 g/mol. The highest BCUT2D eigenvalue weighted by molar-refractivity contribution is 14.1. The third-order valence-corrected chi connectivity index (χ3v) is 3.74. The number of benzene rings is 1. The molecule has 2 rings (SSSR count). The van der Waals surface area contributed by atoms with Crippen molar-refractivity contribution < 1.29 is 4.39 Å². The number of halogens is 2. The van der Waals surface area contributed by atoms with Crippen LogP contribution in [0.15, 0.2) is 23.0 Å². The van der Waals surface area contributed by atoms with Crippen molar-refractivity contribution in [2.75, 3.05) is 0 Å². The summed E-state index contributed by atoms with van der Waals surface area (Å²) in [6.45, 7) is 3.56. The summed E-state index contributed by atoms with van der Waals surface area (Å²) >= 11 is 1.95. The minimum absolute atomic E-state index is 0.170. The standard InChI is InChI=1S/C12H10FIN2O/c1-6-5-8(13)3-4-9(6)11-15-7(2)10(14)12(17)16-11/h3-5H,1-2H3,(H,15,16,17). The van der Waals surface area contributed by atoms with Crippen LogP contribution >= 0.6 is 22.6 Å². The van der Waals surface area contributed by atoms with Crippen LogP contribution < -0.4 is 5.56 Å². The highest BCUT2D eigenvalue weighted by Gasteiger charge is 2.09. The van der Waals surface area contributed by atoms with Gasteiger partial charge in [-0.05, 0) is 60.2 Å². The largest absolute Gasteiger partial charge is 0.306 e. The molecule has 0 atom stereocenters. The van der Waals surface area contributed by atoms with E-state index in [4.69, 9.17) is 0 Å². The van der Waals surface area contributed by atoms with Gasteiger partial charge in [0.25, 0.3) is 5.56 Å². The van der Waals surface area contributed by atoms with Gasteiger partial charge in [0.1, 0.15) is 11.6 Å². The zero-order valence-corrected chi connectivity index (χ0v) is 11.5. The van der Waals surface area contributed by atoms with Crippen LogP contribution in [-0.4, -0.2) is 9.97 Å². The van der Waals surface area contributed by atoms with Gasteiger partial charge in [-0.2, -0.15) is 0 Å². The molecule has 0 aliphatic carbocycles. The van der Waals surface area contributed by atoms with Crippen LogP contribution in [0.5, 0.6) is 0 Å². The molecule has 17 heavy (non-hydrogen) atoms. The number of aromatic nitrogens is 2. The molecule has 0 spiro atoms. The molecule has 0 unspecified atom stereocenters. The van der Waals surface area contributed by atoms with Gasteiger partial charge in [-0.25, -0.2) is 9.37 Å². The Kier molecular flexibility index (Phi) is 3.28. The molecule has 0 bridgehead atoms. The number of nitrogens with zero attached hydrogens (tertiary/aromatic N) is 1. The van der Waals surface area contributed by atoms with Gasteiger partial charge in [0.05, 0.1) is 9.26 Å². The molecule has 0 amide bonds. The minimum Gasteiger partial charge on any atom is -0.306 e. The van der Waals surface area contributed by atoms with Crippen molar-refractivity contribution in [3.05, 3.63) is 49.2 Å². The highest BCUT2D eigenvalue weighted by Crippen LogP contribution is 2.20. The molecule has 2 aromatic rings. The topological polar surface area (TPSA) is 45.8 Å². The van der Waals surface area contributed by atoms with Crippen molar-refractivity contribution in [1.29, 1.82) is 0 Å². The molecule has 0 aliphatic heterocycles. The monoisotopic (exact) mass is 344 g/mol. The van der Waals surface area contributed by atoms with E-state index < -0.39 is 0 Å². The molecule has 3 nitrogen and oxygen atoms in total. The summed E-state index contributed by atoms with van der Waals surface area (Å²) in [4.78, 5) is 18.6. The molecule has 1 heterocycles. The first kappa shape index (κ1) is 12.2. The molecular weight excluding hydrogens is 334 g/mol. The lowest BCUT2D eigenvalue weighted by Gasteiger charge is -2.06. The van der Waals surface area contributed by atoms with Crippen molar-refractivity contribution in [2.45, 2.75) is 13.8 Å². The second kappa shape index (κ2) is 4.56. The molecule has 1 N–H and O–H groups in total. The van der Waals surface area contributed by atoms with Crippen molar-refractivity contribution in [1.82, 2.24) is 9.97 Å². The Labute approximate surface area is 111 Å². The van der Waals surface area contributed by atoms with Crippen LogP contribution in [0, 0.1) is 23.2 Å². The normalized spacial score (nSPS) is 10.6. The molecule has 88 valence electrons. The van der Waals surface area contributed by atoms with E-state index in [0.717, 1.165) is 11.1 Å². The summed E-state index contributed by atoms with van der Waals surface area (Å²) in [6, 6.07) is 4.40. The molecule has 5 heteroatoms. The maximum Gasteiger partial charge on any atom is 0.264 e. The quantitative estimate of drug-likeness (QED) is 0.809. The summed E-state index contributed by atoms with van der Waals surface area (Å²) in [5.41, 5.74) is 1.99. The van der Waals surface area contributed by atoms with E-state index in [-0.39, 0.29) is 11.4 Å². The summed E-state index contributed by atoms with van der Waals surface area (Å²) in [5, 5.41) is 0. The third-order valence-electron chi connectivity index (χ3n) is 2.47. The fraction of sp³-hybridized carbons (Fsp3) is 0.167. The van der Waals surface area contributed by atoms with Gasteiger partial charge < -0.3 is 4.98 Å². The van der Waals surface area contributed by atoms with Crippen molar-refractivity contribution in [3.63, 3.8) is 0 Å². The van der Waals surface area contributed by atoms with Crippen LogP contribution in [0.4, 0.5) is 4.39 Å². The van der Waals surface area contributed by atoms with Crippen molar-refractivity contribution in [3.8, 4) is 11.4 Å². The summed E-state index contributed by atoms with van der Waals surface area (Å²) in [7, 11) is 0. The smallest absolute Gasteiger partial charge is 0.264 e. The average Bonchev–Trinajstić information content (AvgIpc) is 2.25. The Hall–Kier alpha value is -1.24. The van der Waals surface area contributed by atoms with Crippen LogP contribution in [-0.2, 0) is 0 Å². The maximum atomic E-state index is 13.0. The second-order valence-electron chi connectivity index (χ2n) is 3.77. The summed E-state index contributed by atoms with van der Waals surface area (Å²) in [5.74, 6) is 0.182. The zero-order chi connectivity index (χ0) is 12.6. The van der Waals surface area contributed by atoms with E-state index in [0.29, 0.717) is 15.1 Å². The van der Waals surface area contributed by atoms with Gasteiger partial charge in [-0.3, -0.25) is 4.79 Å². The highest BCUT2D eigenvalue weighted by atomic mass is 127. The van der Waals surface area contributed by atoms with Gasteiger partial charge >= 0.3 is 0 Å². The van der Waals surface area contributed by atoms with Gasteiger partial charge in [-0.1, -0.05) is 0 Å². The van der Waals surface area contributed by atoms with E-state index in [9.17, 15) is 9.18 Å². The Morgan fingerprint density at radius 2 is 2.06 bits per heavy atom. The number of H-pyrrole nitrogens is 1. The molecule has 0 fully saturated rings. The van der Waals surface area contributed by atoms with E-state index in [1.807, 2.05) is 22.6 Å². The van der Waals surface area contributed by atoms with Gasteiger partial charge in [0.15, 0.2) is 0 Å². The predicted molar refractivity (Wildman–Crippen MR) is 72.4 cm³/mol.